The number of imidazole rings is 1. The number of fused-ring (bicyclic) bond motifs is 1. The van der Waals surface area contributed by atoms with Crippen LogP contribution >= 0.6 is 0 Å². The normalized spacial score (nSPS) is 16.9. The number of benzene rings is 2. The number of hydrogen-bond donors (Lipinski definition) is 0. The Hall–Kier alpha value is -2.82. The van der Waals surface area contributed by atoms with Crippen LogP contribution in [-0.4, -0.2) is 28.6 Å². The van der Waals surface area contributed by atoms with E-state index in [2.05, 4.69) is 36.6 Å². The minimum absolute atomic E-state index is 0.0803. The van der Waals surface area contributed by atoms with Crippen molar-refractivity contribution >= 4 is 22.6 Å². The minimum Gasteiger partial charge on any atom is -0.492 e. The summed E-state index contributed by atoms with van der Waals surface area (Å²) in [6.07, 6.45) is 1.57. The molecule has 1 unspecified atom stereocenters. The van der Waals surface area contributed by atoms with E-state index in [0.717, 1.165) is 41.3 Å². The zero-order chi connectivity index (χ0) is 20.4. The fourth-order valence-electron chi connectivity index (χ4n) is 4.10. The van der Waals surface area contributed by atoms with E-state index in [4.69, 9.17) is 9.72 Å². The molecule has 1 saturated heterocycles. The highest BCUT2D eigenvalue weighted by Gasteiger charge is 2.35. The van der Waals surface area contributed by atoms with E-state index < -0.39 is 0 Å². The third kappa shape index (κ3) is 3.86. The van der Waals surface area contributed by atoms with Crippen LogP contribution in [0.3, 0.4) is 0 Å². The van der Waals surface area contributed by atoms with Gasteiger partial charge < -0.3 is 14.2 Å². The van der Waals surface area contributed by atoms with Crippen LogP contribution in [0.4, 0.5) is 5.69 Å². The number of para-hydroxylation sites is 4. The molecule has 3 aromatic rings. The van der Waals surface area contributed by atoms with Crippen molar-refractivity contribution in [3.05, 3.63) is 54.4 Å². The van der Waals surface area contributed by atoms with Gasteiger partial charge in [-0.25, -0.2) is 4.98 Å². The van der Waals surface area contributed by atoms with Crippen LogP contribution in [0.25, 0.3) is 11.0 Å². The molecule has 0 spiro atoms. The van der Waals surface area contributed by atoms with Gasteiger partial charge in [-0.15, -0.1) is 0 Å². The number of anilines is 1. The van der Waals surface area contributed by atoms with Gasteiger partial charge in [0.15, 0.2) is 0 Å². The van der Waals surface area contributed by atoms with Crippen molar-refractivity contribution in [2.75, 3.05) is 18.1 Å². The Morgan fingerprint density at radius 3 is 2.69 bits per heavy atom. The van der Waals surface area contributed by atoms with Gasteiger partial charge in [0.25, 0.3) is 0 Å². The zero-order valence-corrected chi connectivity index (χ0v) is 17.5. The Morgan fingerprint density at radius 1 is 1.14 bits per heavy atom. The summed E-state index contributed by atoms with van der Waals surface area (Å²) >= 11 is 0. The first-order valence-corrected chi connectivity index (χ1v) is 10.6. The fourth-order valence-corrected chi connectivity index (χ4v) is 4.10. The number of hydrogen-bond acceptors (Lipinski definition) is 3. The molecule has 29 heavy (non-hydrogen) atoms. The van der Waals surface area contributed by atoms with Crippen LogP contribution in [0.2, 0.25) is 0 Å². The number of rotatable bonds is 7. The Kier molecular flexibility index (Phi) is 5.56. The van der Waals surface area contributed by atoms with Crippen molar-refractivity contribution in [1.29, 1.82) is 0 Å². The molecule has 0 saturated carbocycles. The first-order chi connectivity index (χ1) is 14.1. The molecular formula is C24H29N3O2. The topological polar surface area (TPSA) is 47.4 Å². The number of amides is 1. The van der Waals surface area contributed by atoms with Crippen molar-refractivity contribution in [1.82, 2.24) is 9.55 Å². The summed E-state index contributed by atoms with van der Waals surface area (Å²) in [5.74, 6) is 2.61. The van der Waals surface area contributed by atoms with Gasteiger partial charge in [0.2, 0.25) is 5.91 Å². The predicted octanol–water partition coefficient (Wildman–Crippen LogP) is 5.00. The summed E-state index contributed by atoms with van der Waals surface area (Å²) in [5.41, 5.74) is 3.02. The largest absolute Gasteiger partial charge is 0.492 e. The zero-order valence-electron chi connectivity index (χ0n) is 17.5. The van der Waals surface area contributed by atoms with Crippen LogP contribution in [-0.2, 0) is 11.3 Å². The average Bonchev–Trinajstić information content (AvgIpc) is 3.27. The molecule has 1 amide bonds. The lowest BCUT2D eigenvalue weighted by Crippen LogP contribution is -2.25. The Labute approximate surface area is 172 Å². The van der Waals surface area contributed by atoms with Crippen LogP contribution < -0.4 is 9.64 Å². The molecule has 2 aromatic carbocycles. The molecule has 4 rings (SSSR count). The number of aromatic nitrogens is 2. The highest BCUT2D eigenvalue weighted by Crippen LogP contribution is 2.37. The molecule has 2 heterocycles. The number of aryl methyl sites for hydroxylation is 1. The lowest BCUT2D eigenvalue weighted by molar-refractivity contribution is -0.117. The van der Waals surface area contributed by atoms with E-state index in [1.54, 1.807) is 0 Å². The number of ether oxygens (including phenoxy) is 1. The van der Waals surface area contributed by atoms with Crippen LogP contribution in [0.5, 0.6) is 5.75 Å². The van der Waals surface area contributed by atoms with Crippen molar-refractivity contribution in [2.24, 2.45) is 5.92 Å². The lowest BCUT2D eigenvalue weighted by Gasteiger charge is -2.20. The molecule has 1 aromatic heterocycles. The van der Waals surface area contributed by atoms with E-state index in [9.17, 15) is 4.79 Å². The van der Waals surface area contributed by atoms with Crippen LogP contribution in [0.1, 0.15) is 45.4 Å². The molecular weight excluding hydrogens is 362 g/mol. The standard InChI is InChI=1S/C24H29N3O2/c1-4-29-22-12-8-7-11-21(22)27-16-18(15-23(27)28)24-25-19-9-5-6-10-20(19)26(24)14-13-17(2)3/h5-12,17-18H,4,13-16H2,1-3H3. The maximum Gasteiger partial charge on any atom is 0.227 e. The number of carbonyl (C=O) groups is 1. The van der Waals surface area contributed by atoms with Gasteiger partial charge in [0.05, 0.1) is 23.3 Å². The second kappa shape index (κ2) is 8.27. The highest BCUT2D eigenvalue weighted by molar-refractivity contribution is 5.97. The van der Waals surface area contributed by atoms with Crippen LogP contribution in [0.15, 0.2) is 48.5 Å². The van der Waals surface area contributed by atoms with Gasteiger partial charge in [0, 0.05) is 25.4 Å². The Morgan fingerprint density at radius 2 is 1.90 bits per heavy atom. The maximum absolute atomic E-state index is 12.9. The Balaban J connectivity index is 1.67. The van der Waals surface area contributed by atoms with Gasteiger partial charge >= 0.3 is 0 Å². The summed E-state index contributed by atoms with van der Waals surface area (Å²) in [6.45, 7) is 8.58. The summed E-state index contributed by atoms with van der Waals surface area (Å²) in [6, 6.07) is 16.1. The van der Waals surface area contributed by atoms with E-state index in [-0.39, 0.29) is 11.8 Å². The first-order valence-electron chi connectivity index (χ1n) is 10.6. The maximum atomic E-state index is 12.9. The number of nitrogens with zero attached hydrogens (tertiary/aromatic N) is 3. The minimum atomic E-state index is 0.0803. The third-order valence-corrected chi connectivity index (χ3v) is 5.56. The monoisotopic (exact) mass is 391 g/mol. The van der Waals surface area contributed by atoms with Gasteiger partial charge in [-0.3, -0.25) is 4.79 Å². The molecule has 1 aliphatic rings. The average molecular weight is 392 g/mol. The lowest BCUT2D eigenvalue weighted by atomic mass is 10.1. The van der Waals surface area contributed by atoms with E-state index in [0.29, 0.717) is 25.5 Å². The van der Waals surface area contributed by atoms with E-state index >= 15 is 0 Å². The molecule has 5 nitrogen and oxygen atoms in total. The molecule has 152 valence electrons. The molecule has 0 radical (unpaired) electrons. The van der Waals surface area contributed by atoms with Gasteiger partial charge in [-0.2, -0.15) is 0 Å². The van der Waals surface area contributed by atoms with Gasteiger partial charge in [-0.05, 0) is 43.5 Å². The van der Waals surface area contributed by atoms with Gasteiger partial charge in [0.1, 0.15) is 11.6 Å². The second-order valence-electron chi connectivity index (χ2n) is 8.10. The van der Waals surface area contributed by atoms with Crippen molar-refractivity contribution < 1.29 is 9.53 Å². The van der Waals surface area contributed by atoms with Gasteiger partial charge in [-0.1, -0.05) is 38.1 Å². The van der Waals surface area contributed by atoms with Crippen molar-refractivity contribution in [3.8, 4) is 5.75 Å². The van der Waals surface area contributed by atoms with E-state index in [1.807, 2.05) is 42.2 Å². The third-order valence-electron chi connectivity index (χ3n) is 5.56. The molecule has 1 atom stereocenters. The summed E-state index contributed by atoms with van der Waals surface area (Å²) in [4.78, 5) is 19.8. The number of carbonyl (C=O) groups excluding carboxylic acids is 1. The van der Waals surface area contributed by atoms with Crippen LogP contribution in [0, 0.1) is 5.92 Å². The van der Waals surface area contributed by atoms with Crippen molar-refractivity contribution in [3.63, 3.8) is 0 Å². The predicted molar refractivity (Wildman–Crippen MR) is 117 cm³/mol. The molecule has 1 aliphatic heterocycles. The second-order valence-corrected chi connectivity index (χ2v) is 8.10. The quantitative estimate of drug-likeness (QED) is 0.569. The summed E-state index contributed by atoms with van der Waals surface area (Å²) in [5, 5.41) is 0. The molecule has 0 aliphatic carbocycles. The fraction of sp³-hybridized carbons (Fsp3) is 0.417. The smallest absolute Gasteiger partial charge is 0.227 e. The van der Waals surface area contributed by atoms with Crippen molar-refractivity contribution in [2.45, 2.75) is 46.1 Å². The first kappa shape index (κ1) is 19.5. The molecule has 5 heteroatoms. The molecule has 0 N–H and O–H groups in total. The highest BCUT2D eigenvalue weighted by atomic mass is 16.5. The molecule has 1 fully saturated rings. The molecule has 0 bridgehead atoms. The van der Waals surface area contributed by atoms with E-state index in [1.165, 1.54) is 0 Å². The SMILES string of the molecule is CCOc1ccccc1N1CC(c2nc3ccccc3n2CCC(C)C)CC1=O. The summed E-state index contributed by atoms with van der Waals surface area (Å²) < 4.78 is 8.09. The summed E-state index contributed by atoms with van der Waals surface area (Å²) in [7, 11) is 0. The Bertz CT molecular complexity index is 1010.